The minimum Gasteiger partial charge on any atom is -0.495 e. The average Bonchev–Trinajstić information content (AvgIpc) is 2.89. The van der Waals surface area contributed by atoms with Gasteiger partial charge in [-0.15, -0.1) is 0 Å². The number of hydrogen-bond acceptors (Lipinski definition) is 4. The predicted molar refractivity (Wildman–Crippen MR) is 118 cm³/mol. The summed E-state index contributed by atoms with van der Waals surface area (Å²) in [5, 5.41) is 16.5. The SMILES string of the molecule is COc1ccccc1NC(=O)C1=C(C)NC(C)=C(C#N)C1C1(C)C#CC=CC=C1Cl. The number of nitrogens with zero attached hydrogens (tertiary/aromatic N) is 1. The zero-order valence-corrected chi connectivity index (χ0v) is 18.0. The van der Waals surface area contributed by atoms with Crippen molar-refractivity contribution < 1.29 is 9.53 Å². The number of dihydropyridines is 1. The van der Waals surface area contributed by atoms with E-state index in [2.05, 4.69) is 28.5 Å². The van der Waals surface area contributed by atoms with Gasteiger partial charge < -0.3 is 15.4 Å². The molecule has 1 aliphatic carbocycles. The van der Waals surface area contributed by atoms with Crippen LogP contribution in [0.1, 0.15) is 20.8 Å². The van der Waals surface area contributed by atoms with Gasteiger partial charge in [-0.3, -0.25) is 4.79 Å². The molecule has 0 radical (unpaired) electrons. The Labute approximate surface area is 181 Å². The number of hydrogen-bond donors (Lipinski definition) is 2. The molecule has 5 nitrogen and oxygen atoms in total. The van der Waals surface area contributed by atoms with Crippen molar-refractivity contribution in [2.45, 2.75) is 20.8 Å². The van der Waals surface area contributed by atoms with Crippen molar-refractivity contribution in [3.8, 4) is 23.7 Å². The maximum Gasteiger partial charge on any atom is 0.254 e. The number of halogens is 1. The van der Waals surface area contributed by atoms with Gasteiger partial charge in [0, 0.05) is 27.9 Å². The quantitative estimate of drug-likeness (QED) is 0.698. The van der Waals surface area contributed by atoms with E-state index in [9.17, 15) is 10.1 Å². The van der Waals surface area contributed by atoms with Gasteiger partial charge in [0.1, 0.15) is 5.75 Å². The number of methoxy groups -OCH3 is 1. The Morgan fingerprint density at radius 1 is 1.33 bits per heavy atom. The molecule has 6 heteroatoms. The zero-order valence-electron chi connectivity index (χ0n) is 17.3. The molecule has 0 saturated heterocycles. The summed E-state index contributed by atoms with van der Waals surface area (Å²) in [6, 6.07) is 9.42. The van der Waals surface area contributed by atoms with E-state index in [4.69, 9.17) is 16.3 Å². The normalized spacial score (nSPS) is 22.8. The first-order valence-corrected chi connectivity index (χ1v) is 9.79. The Morgan fingerprint density at radius 3 is 2.77 bits per heavy atom. The molecular weight excluding hydrogens is 398 g/mol. The van der Waals surface area contributed by atoms with Crippen molar-refractivity contribution in [3.05, 3.63) is 70.1 Å². The van der Waals surface area contributed by atoms with Gasteiger partial charge in [0.2, 0.25) is 0 Å². The molecule has 1 heterocycles. The molecule has 0 saturated carbocycles. The minimum absolute atomic E-state index is 0.348. The number of benzene rings is 1. The van der Waals surface area contributed by atoms with Crippen LogP contribution >= 0.6 is 11.6 Å². The number of anilines is 1. The summed E-state index contributed by atoms with van der Waals surface area (Å²) in [6.07, 6.45) is 5.20. The highest BCUT2D eigenvalue weighted by atomic mass is 35.5. The van der Waals surface area contributed by atoms with Crippen LogP contribution < -0.4 is 15.4 Å². The summed E-state index contributed by atoms with van der Waals surface area (Å²) in [4.78, 5) is 13.5. The Kier molecular flexibility index (Phi) is 6.06. The van der Waals surface area contributed by atoms with Gasteiger partial charge in [-0.25, -0.2) is 0 Å². The first-order valence-electron chi connectivity index (χ1n) is 9.42. The Morgan fingerprint density at radius 2 is 2.07 bits per heavy atom. The van der Waals surface area contributed by atoms with Gasteiger partial charge in [0.25, 0.3) is 5.91 Å². The van der Waals surface area contributed by atoms with Crippen LogP contribution in [0.25, 0.3) is 0 Å². The number of amides is 1. The first kappa shape index (κ1) is 21.3. The lowest BCUT2D eigenvalue weighted by molar-refractivity contribution is -0.113. The minimum atomic E-state index is -0.950. The molecule has 30 heavy (non-hydrogen) atoms. The van der Waals surface area contributed by atoms with E-state index in [1.807, 2.05) is 32.9 Å². The van der Waals surface area contributed by atoms with Crippen molar-refractivity contribution in [1.82, 2.24) is 5.32 Å². The molecule has 1 amide bonds. The Hall–Kier alpha value is -3.41. The fourth-order valence-corrected chi connectivity index (χ4v) is 4.00. The number of nitriles is 1. The lowest BCUT2D eigenvalue weighted by Gasteiger charge is -2.38. The van der Waals surface area contributed by atoms with Crippen molar-refractivity contribution in [2.75, 3.05) is 12.4 Å². The van der Waals surface area contributed by atoms with Crippen LogP contribution in [-0.2, 0) is 4.79 Å². The van der Waals surface area contributed by atoms with Gasteiger partial charge in [-0.1, -0.05) is 41.7 Å². The highest BCUT2D eigenvalue weighted by molar-refractivity contribution is 6.31. The smallest absolute Gasteiger partial charge is 0.254 e. The highest BCUT2D eigenvalue weighted by Gasteiger charge is 2.46. The number of allylic oxidation sites excluding steroid dienone is 7. The number of carbonyl (C=O) groups is 1. The van der Waals surface area contributed by atoms with Crippen LogP contribution in [-0.4, -0.2) is 13.0 Å². The summed E-state index contributed by atoms with van der Waals surface area (Å²) in [5.41, 5.74) is 1.75. The molecule has 2 aliphatic rings. The topological polar surface area (TPSA) is 74.2 Å². The van der Waals surface area contributed by atoms with Crippen molar-refractivity contribution in [3.63, 3.8) is 0 Å². The highest BCUT2D eigenvalue weighted by Crippen LogP contribution is 2.48. The first-order chi connectivity index (χ1) is 14.3. The number of ether oxygens (including phenoxy) is 1. The molecule has 152 valence electrons. The molecule has 2 unspecified atom stereocenters. The number of rotatable bonds is 4. The summed E-state index contributed by atoms with van der Waals surface area (Å²) >= 11 is 6.64. The van der Waals surface area contributed by atoms with Crippen molar-refractivity contribution >= 4 is 23.2 Å². The molecule has 0 bridgehead atoms. The maximum atomic E-state index is 13.5. The summed E-state index contributed by atoms with van der Waals surface area (Å²) in [5.74, 6) is 5.69. The van der Waals surface area contributed by atoms with Crippen LogP contribution in [0.4, 0.5) is 5.69 Å². The van der Waals surface area contributed by atoms with Gasteiger partial charge in [0.15, 0.2) is 0 Å². The van der Waals surface area contributed by atoms with Crippen LogP contribution in [0.2, 0.25) is 0 Å². The summed E-state index contributed by atoms with van der Waals surface area (Å²) < 4.78 is 5.35. The van der Waals surface area contributed by atoms with E-state index in [-0.39, 0.29) is 5.91 Å². The van der Waals surface area contributed by atoms with E-state index in [1.54, 1.807) is 37.5 Å². The summed E-state index contributed by atoms with van der Waals surface area (Å²) in [6.45, 7) is 5.48. The number of nitrogens with one attached hydrogen (secondary N) is 2. The number of carbonyl (C=O) groups excluding carboxylic acids is 1. The van der Waals surface area contributed by atoms with Crippen LogP contribution in [0.5, 0.6) is 5.75 Å². The van der Waals surface area contributed by atoms with E-state index >= 15 is 0 Å². The van der Waals surface area contributed by atoms with E-state index in [0.29, 0.717) is 39.0 Å². The molecule has 0 spiro atoms. The molecule has 3 rings (SSSR count). The third-order valence-corrected chi connectivity index (χ3v) is 5.83. The Bertz CT molecular complexity index is 1130. The second-order valence-electron chi connectivity index (χ2n) is 7.25. The van der Waals surface area contributed by atoms with Gasteiger partial charge >= 0.3 is 0 Å². The third kappa shape index (κ3) is 3.73. The molecule has 2 N–H and O–H groups in total. The van der Waals surface area contributed by atoms with Gasteiger partial charge in [-0.2, -0.15) is 5.26 Å². The second-order valence-corrected chi connectivity index (χ2v) is 7.65. The Balaban J connectivity index is 2.13. The molecule has 1 aromatic rings. The predicted octanol–water partition coefficient (Wildman–Crippen LogP) is 4.63. The van der Waals surface area contributed by atoms with Crippen LogP contribution in [0.3, 0.4) is 0 Å². The molecular formula is C24H22ClN3O2. The second kappa shape index (κ2) is 8.53. The van der Waals surface area contributed by atoms with Crippen LogP contribution in [0, 0.1) is 34.5 Å². The van der Waals surface area contributed by atoms with E-state index < -0.39 is 11.3 Å². The summed E-state index contributed by atoms with van der Waals surface area (Å²) in [7, 11) is 1.54. The van der Waals surface area contributed by atoms with Gasteiger partial charge in [-0.05, 0) is 45.1 Å². The fraction of sp³-hybridized carbons (Fsp3) is 0.250. The molecule has 1 aromatic carbocycles. The van der Waals surface area contributed by atoms with Crippen LogP contribution in [0.15, 0.2) is 70.1 Å². The largest absolute Gasteiger partial charge is 0.495 e. The third-order valence-electron chi connectivity index (χ3n) is 5.31. The molecule has 2 atom stereocenters. The standard InChI is InChI=1S/C24H22ClN3O2/c1-15-17(14-26)22(24(3)13-9-5-6-12-20(24)25)21(16(2)27-15)23(29)28-18-10-7-8-11-19(18)30-4/h5-8,10-12,22,27H,1-4H3,(H,28,29). The lowest BCUT2D eigenvalue weighted by atomic mass is 9.67. The van der Waals surface area contributed by atoms with Crippen molar-refractivity contribution in [1.29, 1.82) is 5.26 Å². The average molecular weight is 420 g/mol. The fourth-order valence-electron chi connectivity index (χ4n) is 3.77. The lowest BCUT2D eigenvalue weighted by Crippen LogP contribution is -2.40. The molecule has 0 fully saturated rings. The van der Waals surface area contributed by atoms with E-state index in [1.165, 1.54) is 0 Å². The molecule has 1 aliphatic heterocycles. The van der Waals surface area contributed by atoms with E-state index in [0.717, 1.165) is 0 Å². The zero-order chi connectivity index (χ0) is 21.9. The maximum absolute atomic E-state index is 13.5. The van der Waals surface area contributed by atoms with Crippen molar-refractivity contribution in [2.24, 2.45) is 11.3 Å². The molecule has 0 aromatic heterocycles. The number of para-hydroxylation sites is 2. The van der Waals surface area contributed by atoms with Gasteiger partial charge in [0.05, 0.1) is 29.9 Å². The monoisotopic (exact) mass is 419 g/mol.